The number of nitrogens with one attached hydrogen (secondary N) is 1. The molecular formula is C17H23N3O2S. The standard InChI is InChI=1S/C17H23N3O2S/c1-4-15-18-10-16(19-15)23(21,22)20-11-14(17(2,3)12-20)13-8-6-5-7-9-13/h5-10,14H,4,11-12H2,1-3H3,(H,18,19)/t14-/m0/s1. The summed E-state index contributed by atoms with van der Waals surface area (Å²) in [5.74, 6) is 0.883. The van der Waals surface area contributed by atoms with Crippen molar-refractivity contribution >= 4 is 10.0 Å². The number of rotatable bonds is 4. The number of imidazole rings is 1. The quantitative estimate of drug-likeness (QED) is 0.935. The van der Waals surface area contributed by atoms with Gasteiger partial charge in [-0.1, -0.05) is 51.1 Å². The minimum atomic E-state index is -3.52. The second-order valence-electron chi connectivity index (χ2n) is 6.80. The lowest BCUT2D eigenvalue weighted by Gasteiger charge is -2.25. The maximum absolute atomic E-state index is 12.9. The molecule has 2 heterocycles. The second kappa shape index (κ2) is 5.76. The van der Waals surface area contributed by atoms with Crippen LogP contribution in [-0.2, 0) is 16.4 Å². The Morgan fingerprint density at radius 2 is 2.00 bits per heavy atom. The van der Waals surface area contributed by atoms with E-state index < -0.39 is 10.0 Å². The SMILES string of the molecule is CCc1ncc(S(=O)(=O)N2C[C@@H](c3ccccc3)C(C)(C)C2)[nH]1. The van der Waals surface area contributed by atoms with Crippen LogP contribution in [0.5, 0.6) is 0 Å². The van der Waals surface area contributed by atoms with Gasteiger partial charge in [0.05, 0.1) is 6.20 Å². The van der Waals surface area contributed by atoms with E-state index in [0.29, 0.717) is 25.3 Å². The average Bonchev–Trinajstić information content (AvgIpc) is 3.12. The van der Waals surface area contributed by atoms with Gasteiger partial charge in [-0.3, -0.25) is 0 Å². The Bertz CT molecular complexity index is 781. The van der Waals surface area contributed by atoms with Gasteiger partial charge >= 0.3 is 0 Å². The van der Waals surface area contributed by atoms with Gasteiger partial charge < -0.3 is 4.98 Å². The molecule has 2 aromatic rings. The molecule has 3 rings (SSSR count). The van der Waals surface area contributed by atoms with Crippen molar-refractivity contribution in [2.75, 3.05) is 13.1 Å². The van der Waals surface area contributed by atoms with Gasteiger partial charge in [0.25, 0.3) is 10.0 Å². The lowest BCUT2D eigenvalue weighted by Crippen LogP contribution is -2.30. The molecule has 0 amide bonds. The van der Waals surface area contributed by atoms with Crippen LogP contribution in [0.4, 0.5) is 0 Å². The molecule has 5 nitrogen and oxygen atoms in total. The Kier molecular flexibility index (Phi) is 4.06. The maximum Gasteiger partial charge on any atom is 0.260 e. The predicted octanol–water partition coefficient (Wildman–Crippen LogP) is 2.79. The lowest BCUT2D eigenvalue weighted by molar-refractivity contribution is 0.346. The molecule has 1 saturated heterocycles. The van der Waals surface area contributed by atoms with Crippen LogP contribution in [0, 0.1) is 5.41 Å². The number of aryl methyl sites for hydroxylation is 1. The molecule has 124 valence electrons. The van der Waals surface area contributed by atoms with Crippen LogP contribution in [0.1, 0.15) is 38.1 Å². The predicted molar refractivity (Wildman–Crippen MR) is 89.7 cm³/mol. The van der Waals surface area contributed by atoms with Crippen molar-refractivity contribution in [1.82, 2.24) is 14.3 Å². The summed E-state index contributed by atoms with van der Waals surface area (Å²) < 4.78 is 27.3. The van der Waals surface area contributed by atoms with Gasteiger partial charge in [0.15, 0.2) is 5.03 Å². The summed E-state index contributed by atoms with van der Waals surface area (Å²) >= 11 is 0. The number of H-pyrrole nitrogens is 1. The van der Waals surface area contributed by atoms with E-state index in [2.05, 4.69) is 35.9 Å². The van der Waals surface area contributed by atoms with E-state index in [1.165, 1.54) is 11.8 Å². The van der Waals surface area contributed by atoms with E-state index in [0.717, 1.165) is 0 Å². The molecule has 6 heteroatoms. The fraction of sp³-hybridized carbons (Fsp3) is 0.471. The topological polar surface area (TPSA) is 66.1 Å². The molecule has 0 unspecified atom stereocenters. The number of benzene rings is 1. The van der Waals surface area contributed by atoms with Crippen LogP contribution in [0.25, 0.3) is 0 Å². The third kappa shape index (κ3) is 2.93. The molecule has 0 saturated carbocycles. The van der Waals surface area contributed by atoms with Gasteiger partial charge in [-0.05, 0) is 11.0 Å². The van der Waals surface area contributed by atoms with E-state index in [4.69, 9.17) is 0 Å². The number of hydrogen-bond donors (Lipinski definition) is 1. The molecule has 0 aliphatic carbocycles. The van der Waals surface area contributed by atoms with Crippen LogP contribution in [0.2, 0.25) is 0 Å². The lowest BCUT2D eigenvalue weighted by atomic mass is 9.78. The molecule has 1 aromatic heterocycles. The summed E-state index contributed by atoms with van der Waals surface area (Å²) in [5.41, 5.74) is 1.08. The zero-order valence-corrected chi connectivity index (χ0v) is 14.6. The summed E-state index contributed by atoms with van der Waals surface area (Å²) in [7, 11) is -3.52. The number of sulfonamides is 1. The molecule has 0 bridgehead atoms. The summed E-state index contributed by atoms with van der Waals surface area (Å²) in [6.07, 6.45) is 2.12. The van der Waals surface area contributed by atoms with Crippen molar-refractivity contribution in [3.8, 4) is 0 Å². The number of aromatic nitrogens is 2. The van der Waals surface area contributed by atoms with Crippen molar-refractivity contribution in [2.45, 2.75) is 38.1 Å². The van der Waals surface area contributed by atoms with Crippen molar-refractivity contribution in [1.29, 1.82) is 0 Å². The molecule has 0 radical (unpaired) electrons. The first-order valence-electron chi connectivity index (χ1n) is 7.93. The smallest absolute Gasteiger partial charge is 0.260 e. The minimum Gasteiger partial charge on any atom is -0.332 e. The number of aromatic amines is 1. The Morgan fingerprint density at radius 3 is 2.61 bits per heavy atom. The highest BCUT2D eigenvalue weighted by Crippen LogP contribution is 2.43. The Labute approximate surface area is 137 Å². The first kappa shape index (κ1) is 16.2. The molecule has 0 spiro atoms. The summed E-state index contributed by atoms with van der Waals surface area (Å²) in [5, 5.41) is 0.193. The number of nitrogens with zero attached hydrogens (tertiary/aromatic N) is 2. The van der Waals surface area contributed by atoms with Crippen molar-refractivity contribution in [2.24, 2.45) is 5.41 Å². The third-order valence-electron chi connectivity index (χ3n) is 4.67. The minimum absolute atomic E-state index is 0.109. The zero-order chi connectivity index (χ0) is 16.7. The van der Waals surface area contributed by atoms with Crippen molar-refractivity contribution < 1.29 is 8.42 Å². The van der Waals surface area contributed by atoms with E-state index >= 15 is 0 Å². The first-order valence-corrected chi connectivity index (χ1v) is 9.37. The van der Waals surface area contributed by atoms with Gasteiger partial charge in [0.2, 0.25) is 0 Å². The highest BCUT2D eigenvalue weighted by Gasteiger charge is 2.45. The fourth-order valence-electron chi connectivity index (χ4n) is 3.30. The van der Waals surface area contributed by atoms with Crippen molar-refractivity contribution in [3.05, 3.63) is 47.9 Å². The van der Waals surface area contributed by atoms with Crippen LogP contribution in [0.15, 0.2) is 41.6 Å². The maximum atomic E-state index is 12.9. The Morgan fingerprint density at radius 1 is 1.30 bits per heavy atom. The van der Waals surface area contributed by atoms with Gasteiger partial charge in [0.1, 0.15) is 5.82 Å². The summed E-state index contributed by atoms with van der Waals surface area (Å²) in [6.45, 7) is 7.21. The van der Waals surface area contributed by atoms with E-state index in [-0.39, 0.29) is 16.4 Å². The highest BCUT2D eigenvalue weighted by molar-refractivity contribution is 7.89. The van der Waals surface area contributed by atoms with E-state index in [1.54, 1.807) is 4.31 Å². The second-order valence-corrected chi connectivity index (χ2v) is 8.70. The first-order chi connectivity index (χ1) is 10.8. The monoisotopic (exact) mass is 333 g/mol. The Balaban J connectivity index is 1.90. The number of hydrogen-bond acceptors (Lipinski definition) is 3. The Hall–Kier alpha value is -1.66. The fourth-order valence-corrected chi connectivity index (χ4v) is 4.86. The normalized spacial score (nSPS) is 21.6. The summed E-state index contributed by atoms with van der Waals surface area (Å²) in [6, 6.07) is 10.1. The van der Waals surface area contributed by atoms with E-state index in [9.17, 15) is 8.42 Å². The third-order valence-corrected chi connectivity index (χ3v) is 6.39. The molecule has 1 fully saturated rings. The zero-order valence-electron chi connectivity index (χ0n) is 13.8. The molecular weight excluding hydrogens is 310 g/mol. The van der Waals surface area contributed by atoms with Gasteiger partial charge in [-0.15, -0.1) is 0 Å². The van der Waals surface area contributed by atoms with Crippen LogP contribution in [0.3, 0.4) is 0 Å². The van der Waals surface area contributed by atoms with Crippen LogP contribution in [-0.4, -0.2) is 35.8 Å². The highest BCUT2D eigenvalue weighted by atomic mass is 32.2. The largest absolute Gasteiger partial charge is 0.332 e. The van der Waals surface area contributed by atoms with Crippen LogP contribution < -0.4 is 0 Å². The van der Waals surface area contributed by atoms with Crippen LogP contribution >= 0.6 is 0 Å². The molecule has 1 N–H and O–H groups in total. The molecule has 1 aliphatic rings. The molecule has 1 aromatic carbocycles. The van der Waals surface area contributed by atoms with Crippen molar-refractivity contribution in [3.63, 3.8) is 0 Å². The van der Waals surface area contributed by atoms with Gasteiger partial charge in [0, 0.05) is 25.4 Å². The summed E-state index contributed by atoms with van der Waals surface area (Å²) in [4.78, 5) is 7.05. The molecule has 23 heavy (non-hydrogen) atoms. The van der Waals surface area contributed by atoms with E-state index in [1.807, 2.05) is 25.1 Å². The van der Waals surface area contributed by atoms with Gasteiger partial charge in [-0.25, -0.2) is 13.4 Å². The molecule has 1 aliphatic heterocycles. The molecule has 1 atom stereocenters. The van der Waals surface area contributed by atoms with Gasteiger partial charge in [-0.2, -0.15) is 4.31 Å². The average molecular weight is 333 g/mol.